The second kappa shape index (κ2) is 6.59. The van der Waals surface area contributed by atoms with Crippen molar-refractivity contribution in [1.82, 2.24) is 9.88 Å². The largest absolute Gasteiger partial charge is 0.459 e. The number of aromatic amines is 1. The first-order valence-electron chi connectivity index (χ1n) is 7.02. The molecule has 0 spiro atoms. The van der Waals surface area contributed by atoms with Gasteiger partial charge in [-0.3, -0.25) is 4.79 Å². The van der Waals surface area contributed by atoms with Crippen LogP contribution in [0.1, 0.15) is 59.8 Å². The SMILES string of the molecule is CCN(CC)C(=O)c1[nH]c(C)c(C(=O)OC(C)C)c1C. The molecule has 0 aromatic carbocycles. The summed E-state index contributed by atoms with van der Waals surface area (Å²) in [4.78, 5) is 29.2. The van der Waals surface area contributed by atoms with Crippen LogP contribution in [0.2, 0.25) is 0 Å². The molecule has 1 rings (SSSR count). The van der Waals surface area contributed by atoms with Crippen LogP contribution in [0.4, 0.5) is 0 Å². The number of ether oxygens (including phenoxy) is 1. The van der Waals surface area contributed by atoms with Crippen molar-refractivity contribution in [2.24, 2.45) is 0 Å². The van der Waals surface area contributed by atoms with E-state index in [1.54, 1.807) is 32.6 Å². The Labute approximate surface area is 120 Å². The Morgan fingerprint density at radius 2 is 1.75 bits per heavy atom. The number of amides is 1. The molecular weight excluding hydrogens is 256 g/mol. The van der Waals surface area contributed by atoms with Crippen molar-refractivity contribution in [1.29, 1.82) is 0 Å². The Morgan fingerprint density at radius 1 is 1.20 bits per heavy atom. The first-order chi connectivity index (χ1) is 9.33. The molecule has 0 bridgehead atoms. The number of nitrogens with one attached hydrogen (secondary N) is 1. The minimum atomic E-state index is -0.384. The van der Waals surface area contributed by atoms with Gasteiger partial charge in [-0.1, -0.05) is 0 Å². The molecule has 0 unspecified atom stereocenters. The molecule has 1 heterocycles. The summed E-state index contributed by atoms with van der Waals surface area (Å²) in [6.45, 7) is 12.3. The van der Waals surface area contributed by atoms with Crippen molar-refractivity contribution < 1.29 is 14.3 Å². The van der Waals surface area contributed by atoms with Crippen LogP contribution in [0, 0.1) is 13.8 Å². The van der Waals surface area contributed by atoms with Crippen LogP contribution in [-0.4, -0.2) is 41.0 Å². The zero-order chi connectivity index (χ0) is 15.4. The van der Waals surface area contributed by atoms with Crippen LogP contribution < -0.4 is 0 Å². The van der Waals surface area contributed by atoms with E-state index in [4.69, 9.17) is 4.74 Å². The van der Waals surface area contributed by atoms with Crippen molar-refractivity contribution in [2.45, 2.75) is 47.6 Å². The number of hydrogen-bond acceptors (Lipinski definition) is 3. The number of carbonyl (C=O) groups is 2. The topological polar surface area (TPSA) is 62.4 Å². The number of aryl methyl sites for hydroxylation is 1. The molecule has 0 saturated carbocycles. The van der Waals surface area contributed by atoms with Crippen molar-refractivity contribution in [3.05, 3.63) is 22.5 Å². The fraction of sp³-hybridized carbons (Fsp3) is 0.600. The molecule has 20 heavy (non-hydrogen) atoms. The van der Waals surface area contributed by atoms with E-state index in [1.807, 2.05) is 13.8 Å². The van der Waals surface area contributed by atoms with Gasteiger partial charge in [0, 0.05) is 18.8 Å². The van der Waals surface area contributed by atoms with Gasteiger partial charge in [-0.2, -0.15) is 0 Å². The van der Waals surface area contributed by atoms with Gasteiger partial charge in [0.15, 0.2) is 0 Å². The van der Waals surface area contributed by atoms with E-state index >= 15 is 0 Å². The number of esters is 1. The van der Waals surface area contributed by atoms with Crippen molar-refractivity contribution in [3.8, 4) is 0 Å². The third-order valence-electron chi connectivity index (χ3n) is 3.25. The number of carbonyl (C=O) groups excluding carboxylic acids is 2. The van der Waals surface area contributed by atoms with Crippen LogP contribution >= 0.6 is 0 Å². The molecule has 1 aromatic heterocycles. The summed E-state index contributed by atoms with van der Waals surface area (Å²) in [5.41, 5.74) is 2.27. The lowest BCUT2D eigenvalue weighted by atomic mass is 10.1. The minimum absolute atomic E-state index is 0.0841. The lowest BCUT2D eigenvalue weighted by Gasteiger charge is -2.18. The van der Waals surface area contributed by atoms with Gasteiger partial charge in [0.1, 0.15) is 5.69 Å². The molecule has 112 valence electrons. The van der Waals surface area contributed by atoms with Gasteiger partial charge < -0.3 is 14.6 Å². The summed E-state index contributed by atoms with van der Waals surface area (Å²) in [5, 5.41) is 0. The third kappa shape index (κ3) is 3.21. The summed E-state index contributed by atoms with van der Waals surface area (Å²) >= 11 is 0. The summed E-state index contributed by atoms with van der Waals surface area (Å²) in [6.07, 6.45) is -0.182. The highest BCUT2D eigenvalue weighted by molar-refractivity contribution is 6.00. The predicted octanol–water partition coefficient (Wildman–Crippen LogP) is 2.68. The fourth-order valence-corrected chi connectivity index (χ4v) is 2.21. The molecule has 0 aliphatic carbocycles. The number of aromatic nitrogens is 1. The quantitative estimate of drug-likeness (QED) is 0.843. The second-order valence-electron chi connectivity index (χ2n) is 5.06. The first-order valence-corrected chi connectivity index (χ1v) is 7.02. The highest BCUT2D eigenvalue weighted by Gasteiger charge is 2.25. The van der Waals surface area contributed by atoms with Crippen LogP contribution in [-0.2, 0) is 4.74 Å². The van der Waals surface area contributed by atoms with Crippen molar-refractivity contribution in [3.63, 3.8) is 0 Å². The Balaban J connectivity index is 3.15. The standard InChI is InChI=1S/C15H24N2O3/c1-7-17(8-2)14(18)13-10(5)12(11(6)16-13)15(19)20-9(3)4/h9,16H,7-8H2,1-6H3. The van der Waals surface area contributed by atoms with Gasteiger partial charge in [0.25, 0.3) is 5.91 Å². The highest BCUT2D eigenvalue weighted by atomic mass is 16.5. The molecule has 1 amide bonds. The maximum atomic E-state index is 12.4. The Hall–Kier alpha value is -1.78. The van der Waals surface area contributed by atoms with Gasteiger partial charge >= 0.3 is 5.97 Å². The predicted molar refractivity (Wildman–Crippen MR) is 78.1 cm³/mol. The molecule has 0 saturated heterocycles. The van der Waals surface area contributed by atoms with Crippen LogP contribution in [0.15, 0.2) is 0 Å². The number of rotatable bonds is 5. The van der Waals surface area contributed by atoms with Gasteiger partial charge in [-0.15, -0.1) is 0 Å². The minimum Gasteiger partial charge on any atom is -0.459 e. The Morgan fingerprint density at radius 3 is 2.20 bits per heavy atom. The van der Waals surface area contributed by atoms with Gasteiger partial charge in [0.2, 0.25) is 0 Å². The van der Waals surface area contributed by atoms with E-state index in [0.717, 1.165) is 0 Å². The second-order valence-corrected chi connectivity index (χ2v) is 5.06. The molecule has 0 aliphatic rings. The first kappa shape index (κ1) is 16.3. The van der Waals surface area contributed by atoms with Crippen LogP contribution in [0.5, 0.6) is 0 Å². The molecule has 5 heteroatoms. The summed E-state index contributed by atoms with van der Waals surface area (Å²) in [6, 6.07) is 0. The molecule has 0 radical (unpaired) electrons. The summed E-state index contributed by atoms with van der Waals surface area (Å²) < 4.78 is 5.22. The maximum absolute atomic E-state index is 12.4. The monoisotopic (exact) mass is 280 g/mol. The molecule has 1 aromatic rings. The van der Waals surface area contributed by atoms with E-state index in [0.29, 0.717) is 35.6 Å². The summed E-state index contributed by atoms with van der Waals surface area (Å²) in [7, 11) is 0. The average molecular weight is 280 g/mol. The van der Waals surface area contributed by atoms with Gasteiger partial charge in [0.05, 0.1) is 11.7 Å². The van der Waals surface area contributed by atoms with E-state index < -0.39 is 0 Å². The number of nitrogens with zero attached hydrogens (tertiary/aromatic N) is 1. The Bertz CT molecular complexity index is 499. The highest BCUT2D eigenvalue weighted by Crippen LogP contribution is 2.21. The van der Waals surface area contributed by atoms with Crippen molar-refractivity contribution >= 4 is 11.9 Å². The molecule has 5 nitrogen and oxygen atoms in total. The summed E-state index contributed by atoms with van der Waals surface area (Å²) in [5.74, 6) is -0.468. The Kier molecular flexibility index (Phi) is 5.36. The lowest BCUT2D eigenvalue weighted by molar-refractivity contribution is 0.0376. The average Bonchev–Trinajstić information content (AvgIpc) is 2.65. The molecule has 0 fully saturated rings. The van der Waals surface area contributed by atoms with E-state index in [2.05, 4.69) is 4.98 Å². The zero-order valence-electron chi connectivity index (χ0n) is 13.2. The van der Waals surface area contributed by atoms with Gasteiger partial charge in [-0.25, -0.2) is 4.79 Å². The fourth-order valence-electron chi connectivity index (χ4n) is 2.21. The molecule has 0 atom stereocenters. The van der Waals surface area contributed by atoms with E-state index in [1.165, 1.54) is 0 Å². The molecule has 1 N–H and O–H groups in total. The number of H-pyrrole nitrogens is 1. The zero-order valence-corrected chi connectivity index (χ0v) is 13.2. The van der Waals surface area contributed by atoms with E-state index in [-0.39, 0.29) is 18.0 Å². The maximum Gasteiger partial charge on any atom is 0.340 e. The normalized spacial score (nSPS) is 10.8. The lowest BCUT2D eigenvalue weighted by Crippen LogP contribution is -2.31. The molecule has 0 aliphatic heterocycles. The molecular formula is C15H24N2O3. The van der Waals surface area contributed by atoms with Crippen LogP contribution in [0.3, 0.4) is 0 Å². The van der Waals surface area contributed by atoms with Crippen LogP contribution in [0.25, 0.3) is 0 Å². The number of hydrogen-bond donors (Lipinski definition) is 1. The third-order valence-corrected chi connectivity index (χ3v) is 3.25. The van der Waals surface area contributed by atoms with Crippen molar-refractivity contribution in [2.75, 3.05) is 13.1 Å². The smallest absolute Gasteiger partial charge is 0.340 e. The van der Waals surface area contributed by atoms with Gasteiger partial charge in [-0.05, 0) is 47.1 Å². The van der Waals surface area contributed by atoms with E-state index in [9.17, 15) is 9.59 Å².